The highest BCUT2D eigenvalue weighted by atomic mass is 32.2. The number of nitrogens with zero attached hydrogens (tertiary/aromatic N) is 1. The second-order valence-corrected chi connectivity index (χ2v) is 8.79. The first-order chi connectivity index (χ1) is 13.3. The van der Waals surface area contributed by atoms with Crippen molar-refractivity contribution in [2.75, 3.05) is 6.26 Å². The van der Waals surface area contributed by atoms with E-state index in [1.807, 2.05) is 60.7 Å². The molecular weight excluding hydrogens is 378 g/mol. The molecule has 1 fully saturated rings. The first-order valence-electron chi connectivity index (χ1n) is 9.05. The Morgan fingerprint density at radius 3 is 2.07 bits per heavy atom. The number of fused-ring (bicyclic) bond motifs is 1. The molecule has 0 aromatic heterocycles. The van der Waals surface area contributed by atoms with Gasteiger partial charge < -0.3 is 5.11 Å². The fraction of sp³-hybridized carbons (Fsp3) is 0.286. The van der Waals surface area contributed by atoms with Crippen LogP contribution in [0.4, 0.5) is 0 Å². The van der Waals surface area contributed by atoms with Gasteiger partial charge >= 0.3 is 5.97 Å². The van der Waals surface area contributed by atoms with Crippen molar-refractivity contribution in [2.24, 2.45) is 0 Å². The zero-order valence-corrected chi connectivity index (χ0v) is 16.1. The maximum absolute atomic E-state index is 11.7. The molecule has 2 aliphatic rings. The first kappa shape index (κ1) is 18.9. The van der Waals surface area contributed by atoms with Crippen molar-refractivity contribution in [3.8, 4) is 0 Å². The lowest BCUT2D eigenvalue weighted by Gasteiger charge is -2.23. The fourth-order valence-corrected chi connectivity index (χ4v) is 4.75. The molecule has 28 heavy (non-hydrogen) atoms. The maximum atomic E-state index is 11.7. The van der Waals surface area contributed by atoms with Crippen LogP contribution in [0.15, 0.2) is 72.3 Å². The third-order valence-corrected chi connectivity index (χ3v) is 5.82. The molecule has 1 saturated heterocycles. The fourth-order valence-electron chi connectivity index (χ4n) is 4.12. The number of hydrogen-bond donors (Lipinski definition) is 1. The number of rotatable bonds is 6. The predicted molar refractivity (Wildman–Crippen MR) is 104 cm³/mol. The molecule has 1 aliphatic carbocycles. The van der Waals surface area contributed by atoms with Gasteiger partial charge in [0, 0.05) is 18.0 Å². The van der Waals surface area contributed by atoms with E-state index in [-0.39, 0.29) is 30.1 Å². The minimum absolute atomic E-state index is 0.0658. The summed E-state index contributed by atoms with van der Waals surface area (Å²) in [7, 11) is -3.70. The van der Waals surface area contributed by atoms with Crippen molar-refractivity contribution in [3.05, 3.63) is 83.4 Å². The summed E-state index contributed by atoms with van der Waals surface area (Å²) in [5, 5.41) is 9.46. The second-order valence-electron chi connectivity index (χ2n) is 7.19. The van der Waals surface area contributed by atoms with Crippen LogP contribution in [0.1, 0.15) is 23.6 Å². The monoisotopic (exact) mass is 399 g/mol. The molecule has 2 aromatic carbocycles. The molecule has 0 amide bonds. The van der Waals surface area contributed by atoms with Gasteiger partial charge in [-0.3, -0.25) is 9.08 Å². The molecule has 4 atom stereocenters. The van der Waals surface area contributed by atoms with Crippen LogP contribution in [0.25, 0.3) is 0 Å². The molecule has 4 unspecified atom stereocenters. The lowest BCUT2D eigenvalue weighted by Crippen LogP contribution is -2.30. The Morgan fingerprint density at radius 1 is 1.07 bits per heavy atom. The number of benzene rings is 2. The van der Waals surface area contributed by atoms with E-state index in [2.05, 4.69) is 4.90 Å². The van der Waals surface area contributed by atoms with E-state index in [0.29, 0.717) is 0 Å². The Labute approximate surface area is 164 Å². The molecule has 2 aromatic rings. The van der Waals surface area contributed by atoms with E-state index in [1.54, 1.807) is 6.08 Å². The van der Waals surface area contributed by atoms with Crippen molar-refractivity contribution >= 4 is 16.1 Å². The van der Waals surface area contributed by atoms with Crippen LogP contribution in [-0.4, -0.2) is 48.8 Å². The Balaban J connectivity index is 1.74. The van der Waals surface area contributed by atoms with Gasteiger partial charge in [-0.1, -0.05) is 66.7 Å². The van der Waals surface area contributed by atoms with E-state index in [4.69, 9.17) is 4.18 Å². The molecule has 1 aliphatic heterocycles. The standard InChI is InChI=1S/C21H21NO5S/c1-28(25,26)27-18-13-16(21(23)24)12-17-20(18)22(17)19(14-8-4-2-5-9-14)15-10-6-3-7-11-15/h2-12,17-20H,13H2,1H3,(H,23,24). The summed E-state index contributed by atoms with van der Waals surface area (Å²) < 4.78 is 28.8. The van der Waals surface area contributed by atoms with Crippen LogP contribution in [-0.2, 0) is 19.1 Å². The zero-order valence-electron chi connectivity index (χ0n) is 15.3. The zero-order chi connectivity index (χ0) is 19.9. The number of carboxylic acids is 1. The van der Waals surface area contributed by atoms with Crippen molar-refractivity contribution < 1.29 is 22.5 Å². The Kier molecular flexibility index (Phi) is 4.82. The third-order valence-electron chi connectivity index (χ3n) is 5.22. The molecule has 0 saturated carbocycles. The summed E-state index contributed by atoms with van der Waals surface area (Å²) in [6.45, 7) is 0. The van der Waals surface area contributed by atoms with Crippen LogP contribution >= 0.6 is 0 Å². The Hall–Kier alpha value is -2.48. The normalized spacial score (nSPS) is 26.4. The minimum Gasteiger partial charge on any atom is -0.478 e. The van der Waals surface area contributed by atoms with Gasteiger partial charge in [-0.2, -0.15) is 8.42 Å². The highest BCUT2D eigenvalue weighted by Crippen LogP contribution is 2.49. The van der Waals surface area contributed by atoms with Gasteiger partial charge in [0.15, 0.2) is 0 Å². The molecule has 1 N–H and O–H groups in total. The second kappa shape index (κ2) is 7.16. The summed E-state index contributed by atoms with van der Waals surface area (Å²) in [6.07, 6.45) is 2.08. The van der Waals surface area contributed by atoms with Crippen molar-refractivity contribution in [1.29, 1.82) is 0 Å². The highest BCUT2D eigenvalue weighted by Gasteiger charge is 2.58. The van der Waals surface area contributed by atoms with Gasteiger partial charge in [0.2, 0.25) is 0 Å². The highest BCUT2D eigenvalue weighted by molar-refractivity contribution is 7.86. The van der Waals surface area contributed by atoms with Gasteiger partial charge in [0.05, 0.1) is 24.4 Å². The molecule has 7 heteroatoms. The summed E-state index contributed by atoms with van der Waals surface area (Å²) in [4.78, 5) is 13.7. The molecule has 6 nitrogen and oxygen atoms in total. The predicted octanol–water partition coefficient (Wildman–Crippen LogP) is 2.59. The van der Waals surface area contributed by atoms with Crippen LogP contribution < -0.4 is 0 Å². The van der Waals surface area contributed by atoms with E-state index in [1.165, 1.54) is 0 Å². The number of carboxylic acid groups (broad SMARTS) is 1. The van der Waals surface area contributed by atoms with E-state index >= 15 is 0 Å². The molecular formula is C21H21NO5S. The summed E-state index contributed by atoms with van der Waals surface area (Å²) in [5.74, 6) is -1.04. The van der Waals surface area contributed by atoms with Crippen LogP contribution in [0.2, 0.25) is 0 Å². The third kappa shape index (κ3) is 3.73. The van der Waals surface area contributed by atoms with E-state index in [9.17, 15) is 18.3 Å². The molecule has 0 radical (unpaired) electrons. The molecule has 1 heterocycles. The van der Waals surface area contributed by atoms with Gasteiger partial charge in [0.1, 0.15) is 0 Å². The van der Waals surface area contributed by atoms with Gasteiger partial charge in [0.25, 0.3) is 10.1 Å². The van der Waals surface area contributed by atoms with Gasteiger partial charge in [-0.15, -0.1) is 0 Å². The van der Waals surface area contributed by atoms with Crippen LogP contribution in [0, 0.1) is 0 Å². The summed E-state index contributed by atoms with van der Waals surface area (Å²) in [6, 6.07) is 19.3. The maximum Gasteiger partial charge on any atom is 0.331 e. The molecule has 0 bridgehead atoms. The Bertz CT molecular complexity index is 964. The minimum atomic E-state index is -3.70. The SMILES string of the molecule is CS(=O)(=O)OC1CC(C(=O)O)=CC2C1N2C(c1ccccc1)c1ccccc1. The smallest absolute Gasteiger partial charge is 0.331 e. The molecule has 0 spiro atoms. The quantitative estimate of drug-likeness (QED) is 0.594. The van der Waals surface area contributed by atoms with Crippen molar-refractivity contribution in [1.82, 2.24) is 4.90 Å². The first-order valence-corrected chi connectivity index (χ1v) is 10.9. The average Bonchev–Trinajstić information content (AvgIpc) is 3.37. The van der Waals surface area contributed by atoms with E-state index < -0.39 is 22.2 Å². The number of carbonyl (C=O) groups is 1. The van der Waals surface area contributed by atoms with Crippen molar-refractivity contribution in [2.45, 2.75) is 30.7 Å². The van der Waals surface area contributed by atoms with E-state index in [0.717, 1.165) is 17.4 Å². The lowest BCUT2D eigenvalue weighted by atomic mass is 9.97. The summed E-state index contributed by atoms with van der Waals surface area (Å²) in [5.41, 5.74) is 2.32. The topological polar surface area (TPSA) is 83.7 Å². The molecule has 146 valence electrons. The lowest BCUT2D eigenvalue weighted by molar-refractivity contribution is -0.133. The summed E-state index contributed by atoms with van der Waals surface area (Å²) >= 11 is 0. The van der Waals surface area contributed by atoms with Gasteiger partial charge in [-0.05, 0) is 11.1 Å². The molecule has 4 rings (SSSR count). The number of hydrogen-bond acceptors (Lipinski definition) is 5. The Morgan fingerprint density at radius 2 is 1.61 bits per heavy atom. The van der Waals surface area contributed by atoms with Crippen molar-refractivity contribution in [3.63, 3.8) is 0 Å². The van der Waals surface area contributed by atoms with Crippen LogP contribution in [0.5, 0.6) is 0 Å². The number of aliphatic carboxylic acids is 1. The van der Waals surface area contributed by atoms with Crippen LogP contribution in [0.3, 0.4) is 0 Å². The van der Waals surface area contributed by atoms with Gasteiger partial charge in [-0.25, -0.2) is 4.79 Å². The average molecular weight is 399 g/mol. The largest absolute Gasteiger partial charge is 0.478 e.